The topological polar surface area (TPSA) is 66.9 Å². The molecule has 1 aliphatic rings. The van der Waals surface area contributed by atoms with Gasteiger partial charge in [0.05, 0.1) is 19.8 Å². The van der Waals surface area contributed by atoms with Crippen molar-refractivity contribution >= 4 is 29.9 Å². The Morgan fingerprint density at radius 2 is 2.03 bits per heavy atom. The third-order valence-electron chi connectivity index (χ3n) is 5.02. The maximum absolute atomic E-state index is 5.77. The molecule has 2 rings (SSSR count). The molecule has 0 amide bonds. The van der Waals surface area contributed by atoms with E-state index in [4.69, 9.17) is 14.5 Å². The van der Waals surface area contributed by atoms with Crippen molar-refractivity contribution < 1.29 is 9.47 Å². The van der Waals surface area contributed by atoms with Gasteiger partial charge in [-0.2, -0.15) is 0 Å². The molecule has 0 radical (unpaired) electrons. The van der Waals surface area contributed by atoms with E-state index in [0.29, 0.717) is 12.5 Å². The molecule has 1 aromatic carbocycles. The van der Waals surface area contributed by atoms with Crippen LogP contribution in [-0.4, -0.2) is 57.6 Å². The van der Waals surface area contributed by atoms with Crippen LogP contribution in [0.3, 0.4) is 0 Å². The molecular weight excluding hydrogens is 491 g/mol. The van der Waals surface area contributed by atoms with Crippen molar-refractivity contribution in [2.75, 3.05) is 46.1 Å². The van der Waals surface area contributed by atoms with Gasteiger partial charge in [0, 0.05) is 43.8 Å². The highest BCUT2D eigenvalue weighted by molar-refractivity contribution is 14.0. The Balaban J connectivity index is 0.00000450. The molecule has 1 aromatic rings. The SMILES string of the molecule is CCNC(=NCC(C)(C)NC(C)c1ccccc1)NCCCOCC1CCOC1.I. The number of hydrogen-bond acceptors (Lipinski definition) is 4. The lowest BCUT2D eigenvalue weighted by molar-refractivity contribution is 0.0888. The predicted molar refractivity (Wildman–Crippen MR) is 136 cm³/mol. The van der Waals surface area contributed by atoms with Gasteiger partial charge in [-0.05, 0) is 46.1 Å². The number of nitrogens with one attached hydrogen (secondary N) is 3. The third kappa shape index (κ3) is 10.9. The number of guanidine groups is 1. The molecule has 0 aromatic heterocycles. The van der Waals surface area contributed by atoms with Gasteiger partial charge in [0.25, 0.3) is 0 Å². The summed E-state index contributed by atoms with van der Waals surface area (Å²) in [5, 5.41) is 10.4. The fourth-order valence-corrected chi connectivity index (χ4v) is 3.42. The number of aliphatic imine (C=N–C) groups is 1. The molecule has 3 N–H and O–H groups in total. The van der Waals surface area contributed by atoms with E-state index in [2.05, 4.69) is 67.9 Å². The van der Waals surface area contributed by atoms with Crippen LogP contribution in [0, 0.1) is 5.92 Å². The fourth-order valence-electron chi connectivity index (χ4n) is 3.42. The summed E-state index contributed by atoms with van der Waals surface area (Å²) in [5.41, 5.74) is 1.18. The molecule has 0 bridgehead atoms. The fraction of sp³-hybridized carbons (Fsp3) is 0.696. The number of benzene rings is 1. The Morgan fingerprint density at radius 3 is 2.70 bits per heavy atom. The van der Waals surface area contributed by atoms with Gasteiger partial charge in [-0.25, -0.2) is 0 Å². The van der Waals surface area contributed by atoms with Gasteiger partial charge in [-0.3, -0.25) is 4.99 Å². The molecule has 1 fully saturated rings. The molecule has 6 nitrogen and oxygen atoms in total. The van der Waals surface area contributed by atoms with Crippen molar-refractivity contribution in [3.63, 3.8) is 0 Å². The van der Waals surface area contributed by atoms with Crippen LogP contribution in [0.1, 0.15) is 52.1 Å². The van der Waals surface area contributed by atoms with Crippen LogP contribution < -0.4 is 16.0 Å². The number of halogens is 1. The molecule has 0 aliphatic carbocycles. The summed E-state index contributed by atoms with van der Waals surface area (Å²) >= 11 is 0. The van der Waals surface area contributed by atoms with Crippen molar-refractivity contribution in [2.24, 2.45) is 10.9 Å². The highest BCUT2D eigenvalue weighted by Gasteiger charge is 2.20. The van der Waals surface area contributed by atoms with Crippen LogP contribution >= 0.6 is 24.0 Å². The second kappa shape index (κ2) is 15.0. The number of ether oxygens (including phenoxy) is 2. The molecule has 1 aliphatic heterocycles. The number of rotatable bonds is 12. The lowest BCUT2D eigenvalue weighted by Gasteiger charge is -2.29. The van der Waals surface area contributed by atoms with E-state index < -0.39 is 0 Å². The first kappa shape index (κ1) is 27.1. The number of nitrogens with zero attached hydrogens (tertiary/aromatic N) is 1. The van der Waals surface area contributed by atoms with Gasteiger partial charge in [-0.1, -0.05) is 30.3 Å². The summed E-state index contributed by atoms with van der Waals surface area (Å²) in [5.74, 6) is 1.44. The quantitative estimate of drug-likeness (QED) is 0.166. The first-order chi connectivity index (χ1) is 14.0. The molecule has 0 saturated carbocycles. The monoisotopic (exact) mass is 532 g/mol. The van der Waals surface area contributed by atoms with Crippen molar-refractivity contribution in [3.05, 3.63) is 35.9 Å². The van der Waals surface area contributed by atoms with Gasteiger partial charge >= 0.3 is 0 Å². The second-order valence-corrected chi connectivity index (χ2v) is 8.44. The molecule has 7 heteroatoms. The zero-order valence-electron chi connectivity index (χ0n) is 19.1. The van der Waals surface area contributed by atoms with E-state index in [0.717, 1.165) is 58.3 Å². The van der Waals surface area contributed by atoms with Crippen LogP contribution in [0.5, 0.6) is 0 Å². The largest absolute Gasteiger partial charge is 0.381 e. The Kier molecular flexibility index (Phi) is 13.6. The molecule has 30 heavy (non-hydrogen) atoms. The standard InChI is InChI=1S/C23H40N4O2.HI/c1-5-24-22(25-13-9-14-28-16-20-12-15-29-17-20)26-18-23(3,4)27-19(2)21-10-7-6-8-11-21;/h6-8,10-11,19-20,27H,5,9,12-18H2,1-4H3,(H2,24,25,26);1H. The van der Waals surface area contributed by atoms with Crippen molar-refractivity contribution in [1.29, 1.82) is 0 Å². The lowest BCUT2D eigenvalue weighted by atomic mass is 10.0. The first-order valence-corrected chi connectivity index (χ1v) is 11.0. The molecule has 172 valence electrons. The molecule has 2 unspecified atom stereocenters. The Bertz CT molecular complexity index is 592. The van der Waals surface area contributed by atoms with Crippen LogP contribution in [0.4, 0.5) is 0 Å². The van der Waals surface area contributed by atoms with E-state index in [1.165, 1.54) is 5.56 Å². The van der Waals surface area contributed by atoms with Gasteiger partial charge in [0.15, 0.2) is 5.96 Å². The highest BCUT2D eigenvalue weighted by Crippen LogP contribution is 2.16. The summed E-state index contributed by atoms with van der Waals surface area (Å²) < 4.78 is 11.1. The highest BCUT2D eigenvalue weighted by atomic mass is 127. The Hall–Kier alpha value is -0.900. The normalized spacial score (nSPS) is 18.0. The zero-order chi connectivity index (χ0) is 21.0. The van der Waals surface area contributed by atoms with E-state index >= 15 is 0 Å². The molecular formula is C23H41IN4O2. The van der Waals surface area contributed by atoms with E-state index in [1.807, 2.05) is 6.07 Å². The van der Waals surface area contributed by atoms with Crippen LogP contribution in [0.2, 0.25) is 0 Å². The average molecular weight is 533 g/mol. The molecule has 0 spiro atoms. The summed E-state index contributed by atoms with van der Waals surface area (Å²) in [6.45, 7) is 14.4. The lowest BCUT2D eigenvalue weighted by Crippen LogP contribution is -2.45. The number of hydrogen-bond donors (Lipinski definition) is 3. The predicted octanol–water partition coefficient (Wildman–Crippen LogP) is 3.73. The van der Waals surface area contributed by atoms with Crippen molar-refractivity contribution in [3.8, 4) is 0 Å². The molecule has 1 saturated heterocycles. The summed E-state index contributed by atoms with van der Waals surface area (Å²) in [7, 11) is 0. The van der Waals surface area contributed by atoms with Crippen molar-refractivity contribution in [1.82, 2.24) is 16.0 Å². The van der Waals surface area contributed by atoms with Gasteiger partial charge < -0.3 is 25.4 Å². The Morgan fingerprint density at radius 1 is 1.27 bits per heavy atom. The Labute approximate surface area is 200 Å². The van der Waals surface area contributed by atoms with Crippen LogP contribution in [0.15, 0.2) is 35.3 Å². The zero-order valence-corrected chi connectivity index (χ0v) is 21.4. The third-order valence-corrected chi connectivity index (χ3v) is 5.02. The maximum atomic E-state index is 5.77. The van der Waals surface area contributed by atoms with Gasteiger partial charge in [0.1, 0.15) is 0 Å². The minimum atomic E-state index is -0.107. The van der Waals surface area contributed by atoms with E-state index in [-0.39, 0.29) is 35.6 Å². The van der Waals surface area contributed by atoms with Gasteiger partial charge in [-0.15, -0.1) is 24.0 Å². The second-order valence-electron chi connectivity index (χ2n) is 8.44. The smallest absolute Gasteiger partial charge is 0.191 e. The molecule has 1 heterocycles. The van der Waals surface area contributed by atoms with E-state index in [1.54, 1.807) is 0 Å². The van der Waals surface area contributed by atoms with Crippen LogP contribution in [-0.2, 0) is 9.47 Å². The average Bonchev–Trinajstić information content (AvgIpc) is 3.22. The summed E-state index contributed by atoms with van der Waals surface area (Å²) in [6.07, 6.45) is 2.09. The van der Waals surface area contributed by atoms with E-state index in [9.17, 15) is 0 Å². The minimum absolute atomic E-state index is 0. The van der Waals surface area contributed by atoms with Crippen molar-refractivity contribution in [2.45, 2.75) is 52.1 Å². The maximum Gasteiger partial charge on any atom is 0.191 e. The minimum Gasteiger partial charge on any atom is -0.381 e. The van der Waals surface area contributed by atoms with Crippen LogP contribution in [0.25, 0.3) is 0 Å². The molecule has 2 atom stereocenters. The summed E-state index contributed by atoms with van der Waals surface area (Å²) in [4.78, 5) is 4.79. The summed E-state index contributed by atoms with van der Waals surface area (Å²) in [6, 6.07) is 10.8. The van der Waals surface area contributed by atoms with Gasteiger partial charge in [0.2, 0.25) is 0 Å². The first-order valence-electron chi connectivity index (χ1n) is 11.0.